The van der Waals surface area contributed by atoms with Gasteiger partial charge in [-0.05, 0) is 48.0 Å². The van der Waals surface area contributed by atoms with Gasteiger partial charge in [0.05, 0.1) is 33.4 Å². The molecule has 8 aromatic rings. The van der Waals surface area contributed by atoms with Crippen LogP contribution in [0.1, 0.15) is 5.56 Å². The van der Waals surface area contributed by atoms with Gasteiger partial charge in [0.1, 0.15) is 17.2 Å². The molecule has 0 saturated carbocycles. The Labute approximate surface area is 230 Å². The SMILES string of the molecule is N#Cc1ccc(-c2ccccc2-c2ccccc2-n2c3ccccc3c3c4oc5ccccc5c4ccc32)nc1. The topological polar surface area (TPSA) is 54.8 Å². The molecule has 4 nitrogen and oxygen atoms in total. The lowest BCUT2D eigenvalue weighted by atomic mass is 9.95. The van der Waals surface area contributed by atoms with Gasteiger partial charge in [0.2, 0.25) is 0 Å². The lowest BCUT2D eigenvalue weighted by molar-refractivity contribution is 0.673. The number of nitrogens with zero attached hydrogens (tertiary/aromatic N) is 3. The maximum absolute atomic E-state index is 9.25. The van der Waals surface area contributed by atoms with E-state index in [1.165, 1.54) is 0 Å². The molecular formula is C36H21N3O. The van der Waals surface area contributed by atoms with Crippen molar-refractivity contribution in [3.05, 3.63) is 133 Å². The van der Waals surface area contributed by atoms with Crippen LogP contribution in [0.5, 0.6) is 0 Å². The van der Waals surface area contributed by atoms with Gasteiger partial charge < -0.3 is 8.98 Å². The molecule has 0 fully saturated rings. The van der Waals surface area contributed by atoms with Gasteiger partial charge >= 0.3 is 0 Å². The summed E-state index contributed by atoms with van der Waals surface area (Å²) >= 11 is 0. The van der Waals surface area contributed by atoms with Crippen LogP contribution in [0.2, 0.25) is 0 Å². The summed E-state index contributed by atoms with van der Waals surface area (Å²) in [7, 11) is 0. The van der Waals surface area contributed by atoms with E-state index < -0.39 is 0 Å². The maximum Gasteiger partial charge on any atom is 0.145 e. The Kier molecular flexibility index (Phi) is 4.85. The second-order valence-corrected chi connectivity index (χ2v) is 9.89. The van der Waals surface area contributed by atoms with Crippen molar-refractivity contribution in [3.8, 4) is 34.1 Å². The zero-order chi connectivity index (χ0) is 26.6. The van der Waals surface area contributed by atoms with Gasteiger partial charge in [0.25, 0.3) is 0 Å². The van der Waals surface area contributed by atoms with E-state index in [9.17, 15) is 5.26 Å². The van der Waals surface area contributed by atoms with Gasteiger partial charge in [-0.2, -0.15) is 5.26 Å². The Morgan fingerprint density at radius 1 is 0.600 bits per heavy atom. The Morgan fingerprint density at radius 3 is 2.15 bits per heavy atom. The van der Waals surface area contributed by atoms with Gasteiger partial charge in [-0.1, -0.05) is 78.9 Å². The molecule has 3 heterocycles. The average molecular weight is 512 g/mol. The number of fused-ring (bicyclic) bond motifs is 7. The Hall–Kier alpha value is -5.66. The third-order valence-corrected chi connectivity index (χ3v) is 7.71. The van der Waals surface area contributed by atoms with E-state index >= 15 is 0 Å². The highest BCUT2D eigenvalue weighted by Crippen LogP contribution is 2.42. The van der Waals surface area contributed by atoms with Crippen LogP contribution in [0.15, 0.2) is 132 Å². The predicted octanol–water partition coefficient (Wildman–Crippen LogP) is 9.28. The average Bonchev–Trinajstić information content (AvgIpc) is 3.57. The minimum absolute atomic E-state index is 0.545. The molecule has 0 bridgehead atoms. The number of aromatic nitrogens is 2. The molecule has 0 aliphatic carbocycles. The summed E-state index contributed by atoms with van der Waals surface area (Å²) in [5, 5.41) is 13.8. The van der Waals surface area contributed by atoms with Crippen LogP contribution >= 0.6 is 0 Å². The first-order valence-corrected chi connectivity index (χ1v) is 13.2. The molecule has 40 heavy (non-hydrogen) atoms. The molecule has 4 heteroatoms. The fraction of sp³-hybridized carbons (Fsp3) is 0. The van der Waals surface area contributed by atoms with Crippen molar-refractivity contribution < 1.29 is 4.42 Å². The first kappa shape index (κ1) is 22.3. The van der Waals surface area contributed by atoms with E-state index in [2.05, 4.69) is 107 Å². The molecule has 0 amide bonds. The smallest absolute Gasteiger partial charge is 0.145 e. The Balaban J connectivity index is 1.44. The van der Waals surface area contributed by atoms with Crippen LogP contribution in [0.3, 0.4) is 0 Å². The molecule has 0 radical (unpaired) electrons. The molecule has 0 unspecified atom stereocenters. The minimum atomic E-state index is 0.545. The quantitative estimate of drug-likeness (QED) is 0.237. The number of benzene rings is 5. The second-order valence-electron chi connectivity index (χ2n) is 9.89. The predicted molar refractivity (Wildman–Crippen MR) is 161 cm³/mol. The Morgan fingerprint density at radius 2 is 1.32 bits per heavy atom. The summed E-state index contributed by atoms with van der Waals surface area (Å²) in [5.41, 5.74) is 9.65. The molecule has 0 N–H and O–H groups in total. The number of hydrogen-bond donors (Lipinski definition) is 0. The summed E-state index contributed by atoms with van der Waals surface area (Å²) in [6.07, 6.45) is 1.63. The van der Waals surface area contributed by atoms with Crippen LogP contribution in [-0.2, 0) is 0 Å². The number of rotatable bonds is 3. The molecule has 0 aliphatic rings. The first-order chi connectivity index (χ1) is 19.8. The highest BCUT2D eigenvalue weighted by atomic mass is 16.3. The highest BCUT2D eigenvalue weighted by Gasteiger charge is 2.20. The van der Waals surface area contributed by atoms with Crippen molar-refractivity contribution in [2.45, 2.75) is 0 Å². The minimum Gasteiger partial charge on any atom is -0.455 e. The number of nitriles is 1. The molecule has 0 spiro atoms. The molecular weight excluding hydrogens is 490 g/mol. The summed E-state index contributed by atoms with van der Waals surface area (Å²) in [6.45, 7) is 0. The van der Waals surface area contributed by atoms with Crippen LogP contribution in [0.4, 0.5) is 0 Å². The van der Waals surface area contributed by atoms with Crippen molar-refractivity contribution in [2.24, 2.45) is 0 Å². The second kappa shape index (κ2) is 8.69. The summed E-state index contributed by atoms with van der Waals surface area (Å²) in [6, 6.07) is 43.8. The Bertz CT molecular complexity index is 2280. The molecule has 186 valence electrons. The van der Waals surface area contributed by atoms with Gasteiger partial charge in [0.15, 0.2) is 0 Å². The van der Waals surface area contributed by atoms with E-state index in [1.54, 1.807) is 6.20 Å². The lowest BCUT2D eigenvalue weighted by Crippen LogP contribution is -1.98. The standard InChI is InChI=1S/C36H21N3O/c37-21-23-17-19-30(38-22-23)25-10-2-1-9-24(25)26-11-3-6-14-31(26)39-32-15-7-4-13-29(32)35-33(39)20-18-28-27-12-5-8-16-34(27)40-36(28)35/h1-20,22H. The van der Waals surface area contributed by atoms with Crippen molar-refractivity contribution in [1.29, 1.82) is 5.26 Å². The normalized spacial score (nSPS) is 11.5. The van der Waals surface area contributed by atoms with Crippen molar-refractivity contribution in [2.75, 3.05) is 0 Å². The van der Waals surface area contributed by atoms with E-state index in [1.807, 2.05) is 30.3 Å². The monoisotopic (exact) mass is 511 g/mol. The zero-order valence-corrected chi connectivity index (χ0v) is 21.4. The number of pyridine rings is 1. The van der Waals surface area contributed by atoms with E-state index in [0.29, 0.717) is 5.56 Å². The van der Waals surface area contributed by atoms with Crippen LogP contribution in [0, 0.1) is 11.3 Å². The van der Waals surface area contributed by atoms with E-state index in [4.69, 9.17) is 4.42 Å². The fourth-order valence-electron chi connectivity index (χ4n) is 5.95. The van der Waals surface area contributed by atoms with Gasteiger partial charge in [0, 0.05) is 33.5 Å². The third-order valence-electron chi connectivity index (χ3n) is 7.71. The zero-order valence-electron chi connectivity index (χ0n) is 21.4. The van der Waals surface area contributed by atoms with E-state index in [-0.39, 0.29) is 0 Å². The number of para-hydroxylation sites is 3. The van der Waals surface area contributed by atoms with Gasteiger partial charge in [-0.3, -0.25) is 4.98 Å². The summed E-state index contributed by atoms with van der Waals surface area (Å²) < 4.78 is 8.83. The molecule has 0 saturated heterocycles. The summed E-state index contributed by atoms with van der Waals surface area (Å²) in [4.78, 5) is 4.61. The van der Waals surface area contributed by atoms with Crippen LogP contribution < -0.4 is 0 Å². The molecule has 0 aliphatic heterocycles. The number of hydrogen-bond acceptors (Lipinski definition) is 3. The molecule has 5 aromatic carbocycles. The largest absolute Gasteiger partial charge is 0.455 e. The lowest BCUT2D eigenvalue weighted by Gasteiger charge is -2.16. The van der Waals surface area contributed by atoms with Crippen molar-refractivity contribution in [3.63, 3.8) is 0 Å². The van der Waals surface area contributed by atoms with Gasteiger partial charge in [-0.15, -0.1) is 0 Å². The highest BCUT2D eigenvalue weighted by molar-refractivity contribution is 6.24. The van der Waals surface area contributed by atoms with Crippen LogP contribution in [0.25, 0.3) is 71.8 Å². The molecule has 0 atom stereocenters. The third kappa shape index (κ3) is 3.22. The molecule has 3 aromatic heterocycles. The molecule has 8 rings (SSSR count). The summed E-state index contributed by atoms with van der Waals surface area (Å²) in [5.74, 6) is 0. The van der Waals surface area contributed by atoms with E-state index in [0.717, 1.165) is 71.8 Å². The fourth-order valence-corrected chi connectivity index (χ4v) is 5.95. The van der Waals surface area contributed by atoms with Crippen molar-refractivity contribution >= 4 is 43.7 Å². The van der Waals surface area contributed by atoms with Crippen LogP contribution in [-0.4, -0.2) is 9.55 Å². The van der Waals surface area contributed by atoms with Crippen molar-refractivity contribution in [1.82, 2.24) is 9.55 Å². The maximum atomic E-state index is 9.25. The van der Waals surface area contributed by atoms with Gasteiger partial charge in [-0.25, -0.2) is 0 Å². The first-order valence-electron chi connectivity index (χ1n) is 13.2. The number of furan rings is 1.